The van der Waals surface area contributed by atoms with Crippen LogP contribution in [0.5, 0.6) is 0 Å². The lowest BCUT2D eigenvalue weighted by Gasteiger charge is -2.51. The number of hydrogen-bond donors (Lipinski definition) is 1. The molecule has 100 valence electrons. The lowest BCUT2D eigenvalue weighted by molar-refractivity contribution is -0.0168. The van der Waals surface area contributed by atoms with Crippen LogP contribution in [-0.4, -0.2) is 48.3 Å². The van der Waals surface area contributed by atoms with Gasteiger partial charge in [0.2, 0.25) is 0 Å². The minimum absolute atomic E-state index is 0.229. The van der Waals surface area contributed by atoms with Crippen molar-refractivity contribution in [3.63, 3.8) is 0 Å². The molecule has 0 bridgehead atoms. The van der Waals surface area contributed by atoms with Crippen LogP contribution in [0, 0.1) is 0 Å². The maximum Gasteiger partial charge on any atom is 0.0703 e. The first kappa shape index (κ1) is 13.3. The van der Waals surface area contributed by atoms with Gasteiger partial charge in [-0.05, 0) is 40.0 Å². The van der Waals surface area contributed by atoms with E-state index < -0.39 is 0 Å². The lowest BCUT2D eigenvalue weighted by atomic mass is 9.87. The highest BCUT2D eigenvalue weighted by Crippen LogP contribution is 2.28. The molecule has 0 spiro atoms. The van der Waals surface area contributed by atoms with Gasteiger partial charge in [-0.15, -0.1) is 0 Å². The summed E-state index contributed by atoms with van der Waals surface area (Å²) in [7, 11) is 0. The van der Waals surface area contributed by atoms with Crippen molar-refractivity contribution in [1.82, 2.24) is 10.2 Å². The van der Waals surface area contributed by atoms with Gasteiger partial charge in [0.25, 0.3) is 0 Å². The van der Waals surface area contributed by atoms with E-state index in [0.29, 0.717) is 11.6 Å². The fourth-order valence-corrected chi connectivity index (χ4v) is 2.93. The van der Waals surface area contributed by atoms with Crippen molar-refractivity contribution in [2.45, 2.75) is 64.1 Å². The van der Waals surface area contributed by atoms with Crippen molar-refractivity contribution in [3.8, 4) is 0 Å². The summed E-state index contributed by atoms with van der Waals surface area (Å²) >= 11 is 0. The Morgan fingerprint density at radius 1 is 1.35 bits per heavy atom. The molecule has 2 atom stereocenters. The van der Waals surface area contributed by atoms with Gasteiger partial charge in [-0.2, -0.15) is 0 Å². The average molecular weight is 240 g/mol. The van der Waals surface area contributed by atoms with E-state index in [1.165, 1.54) is 19.3 Å². The Morgan fingerprint density at radius 2 is 2.12 bits per heavy atom. The number of piperazine rings is 1. The topological polar surface area (TPSA) is 24.5 Å². The normalized spacial score (nSPS) is 38.5. The highest BCUT2D eigenvalue weighted by Gasteiger charge is 2.40. The van der Waals surface area contributed by atoms with E-state index >= 15 is 0 Å². The Balaban J connectivity index is 2.02. The second kappa shape index (κ2) is 4.87. The summed E-state index contributed by atoms with van der Waals surface area (Å²) in [4.78, 5) is 2.65. The van der Waals surface area contributed by atoms with E-state index in [1.807, 2.05) is 0 Å². The van der Waals surface area contributed by atoms with Crippen molar-refractivity contribution >= 4 is 0 Å². The predicted molar refractivity (Wildman–Crippen MR) is 71.3 cm³/mol. The molecule has 2 aliphatic rings. The third-order valence-corrected chi connectivity index (χ3v) is 4.51. The van der Waals surface area contributed by atoms with Gasteiger partial charge < -0.3 is 10.1 Å². The van der Waals surface area contributed by atoms with Crippen LogP contribution >= 0.6 is 0 Å². The highest BCUT2D eigenvalue weighted by atomic mass is 16.5. The molecule has 0 aromatic carbocycles. The first-order valence-corrected chi connectivity index (χ1v) is 7.07. The van der Waals surface area contributed by atoms with Gasteiger partial charge in [0, 0.05) is 37.3 Å². The molecule has 3 nitrogen and oxygen atoms in total. The lowest BCUT2D eigenvalue weighted by Crippen LogP contribution is -2.67. The van der Waals surface area contributed by atoms with E-state index in [-0.39, 0.29) is 5.54 Å². The first-order chi connectivity index (χ1) is 7.95. The Labute approximate surface area is 106 Å². The van der Waals surface area contributed by atoms with Gasteiger partial charge in [0.15, 0.2) is 0 Å². The maximum atomic E-state index is 5.80. The summed E-state index contributed by atoms with van der Waals surface area (Å²) < 4.78 is 5.80. The molecule has 1 N–H and O–H groups in total. The molecule has 0 aliphatic carbocycles. The van der Waals surface area contributed by atoms with Crippen molar-refractivity contribution in [2.24, 2.45) is 0 Å². The molecular formula is C14H28N2O. The summed E-state index contributed by atoms with van der Waals surface area (Å²) in [6, 6.07) is 0. The zero-order chi connectivity index (χ0) is 12.5. The fourth-order valence-electron chi connectivity index (χ4n) is 2.93. The molecule has 2 rings (SSSR count). The van der Waals surface area contributed by atoms with Crippen LogP contribution in [0.2, 0.25) is 0 Å². The predicted octanol–water partition coefficient (Wildman–Crippen LogP) is 2.02. The van der Waals surface area contributed by atoms with Crippen LogP contribution in [0.15, 0.2) is 0 Å². The third kappa shape index (κ3) is 3.01. The Morgan fingerprint density at radius 3 is 2.71 bits per heavy atom. The SMILES string of the molecule is CCC1(C)CNC(C)(C)CN1CC1CCCO1. The van der Waals surface area contributed by atoms with Gasteiger partial charge in [-0.3, -0.25) is 4.90 Å². The average Bonchev–Trinajstić information content (AvgIpc) is 2.76. The molecule has 0 saturated carbocycles. The van der Waals surface area contributed by atoms with Crippen molar-refractivity contribution in [3.05, 3.63) is 0 Å². The van der Waals surface area contributed by atoms with Crippen LogP contribution in [0.25, 0.3) is 0 Å². The number of ether oxygens (including phenoxy) is 1. The molecule has 3 heteroatoms. The zero-order valence-corrected chi connectivity index (χ0v) is 11.9. The molecule has 2 saturated heterocycles. The molecule has 2 unspecified atom stereocenters. The minimum atomic E-state index is 0.229. The molecule has 2 aliphatic heterocycles. The van der Waals surface area contributed by atoms with E-state index in [0.717, 1.165) is 26.2 Å². The largest absolute Gasteiger partial charge is 0.377 e. The Bertz CT molecular complexity index is 261. The fraction of sp³-hybridized carbons (Fsp3) is 1.00. The zero-order valence-electron chi connectivity index (χ0n) is 11.9. The summed E-state index contributed by atoms with van der Waals surface area (Å²) in [5.41, 5.74) is 0.523. The van der Waals surface area contributed by atoms with Gasteiger partial charge in [-0.1, -0.05) is 6.92 Å². The van der Waals surface area contributed by atoms with E-state index in [1.54, 1.807) is 0 Å². The minimum Gasteiger partial charge on any atom is -0.377 e. The summed E-state index contributed by atoms with van der Waals surface area (Å²) in [6.07, 6.45) is 4.14. The molecule has 0 amide bonds. The monoisotopic (exact) mass is 240 g/mol. The smallest absolute Gasteiger partial charge is 0.0703 e. The molecule has 2 fully saturated rings. The van der Waals surface area contributed by atoms with Crippen LogP contribution in [-0.2, 0) is 4.74 Å². The number of nitrogens with one attached hydrogen (secondary N) is 1. The van der Waals surface area contributed by atoms with Crippen LogP contribution < -0.4 is 5.32 Å². The standard InChI is InChI=1S/C14H28N2O/c1-5-14(4)10-15-13(2,3)11-16(14)9-12-7-6-8-17-12/h12,15H,5-11H2,1-4H3. The van der Waals surface area contributed by atoms with Gasteiger partial charge in [-0.25, -0.2) is 0 Å². The van der Waals surface area contributed by atoms with E-state index in [9.17, 15) is 0 Å². The molecule has 17 heavy (non-hydrogen) atoms. The van der Waals surface area contributed by atoms with Gasteiger partial charge >= 0.3 is 0 Å². The van der Waals surface area contributed by atoms with Crippen molar-refractivity contribution in [2.75, 3.05) is 26.2 Å². The second-order valence-corrected chi connectivity index (χ2v) is 6.60. The Kier molecular flexibility index (Phi) is 3.81. The third-order valence-electron chi connectivity index (χ3n) is 4.51. The van der Waals surface area contributed by atoms with Gasteiger partial charge in [0.1, 0.15) is 0 Å². The number of nitrogens with zero attached hydrogens (tertiary/aromatic N) is 1. The summed E-state index contributed by atoms with van der Waals surface area (Å²) in [5, 5.41) is 3.67. The summed E-state index contributed by atoms with van der Waals surface area (Å²) in [5.74, 6) is 0. The van der Waals surface area contributed by atoms with Crippen molar-refractivity contribution in [1.29, 1.82) is 0 Å². The van der Waals surface area contributed by atoms with Crippen molar-refractivity contribution < 1.29 is 4.74 Å². The highest BCUT2D eigenvalue weighted by molar-refractivity contribution is 5.00. The second-order valence-electron chi connectivity index (χ2n) is 6.60. The molecule has 0 aromatic rings. The Hall–Kier alpha value is -0.120. The van der Waals surface area contributed by atoms with Gasteiger partial charge in [0.05, 0.1) is 6.10 Å². The molecule has 2 heterocycles. The van der Waals surface area contributed by atoms with E-state index in [2.05, 4.69) is 37.9 Å². The van der Waals surface area contributed by atoms with Crippen LogP contribution in [0.4, 0.5) is 0 Å². The number of rotatable bonds is 3. The maximum absolute atomic E-state index is 5.80. The molecule has 0 aromatic heterocycles. The molecule has 0 radical (unpaired) electrons. The first-order valence-electron chi connectivity index (χ1n) is 7.07. The summed E-state index contributed by atoms with van der Waals surface area (Å²) in [6.45, 7) is 13.5. The van der Waals surface area contributed by atoms with Crippen LogP contribution in [0.3, 0.4) is 0 Å². The quantitative estimate of drug-likeness (QED) is 0.817. The number of hydrogen-bond acceptors (Lipinski definition) is 3. The van der Waals surface area contributed by atoms with E-state index in [4.69, 9.17) is 4.74 Å². The molecular weight excluding hydrogens is 212 g/mol. The van der Waals surface area contributed by atoms with Crippen LogP contribution in [0.1, 0.15) is 47.0 Å².